The highest BCUT2D eigenvalue weighted by atomic mass is 16.6. The second kappa shape index (κ2) is 20.1. The SMILES string of the molecule is CC[C@H](C)CC(=O)NC(C(=O)OCc1ccccc1)C(C)O.CNC(=O)[C@@H](CCCN=C(N)N)NC(=O)OC(C)(C)C. The van der Waals surface area contributed by atoms with Crippen molar-refractivity contribution in [2.75, 3.05) is 13.6 Å². The van der Waals surface area contributed by atoms with Crippen molar-refractivity contribution in [1.82, 2.24) is 16.0 Å². The lowest BCUT2D eigenvalue weighted by Crippen LogP contribution is -2.48. The summed E-state index contributed by atoms with van der Waals surface area (Å²) in [6.45, 7) is 11.2. The average Bonchev–Trinajstić information content (AvgIpc) is 2.91. The second-order valence-electron chi connectivity index (χ2n) is 10.9. The number of aliphatic imine (C=N–C) groups is 1. The summed E-state index contributed by atoms with van der Waals surface area (Å²) in [4.78, 5) is 51.1. The van der Waals surface area contributed by atoms with Crippen molar-refractivity contribution in [2.45, 2.75) is 97.6 Å². The van der Waals surface area contributed by atoms with E-state index < -0.39 is 35.9 Å². The van der Waals surface area contributed by atoms with Crippen LogP contribution in [0.15, 0.2) is 35.3 Å². The quantitative estimate of drug-likeness (QED) is 0.0801. The highest BCUT2D eigenvalue weighted by Crippen LogP contribution is 2.09. The molecule has 4 atom stereocenters. The molecule has 13 heteroatoms. The van der Waals surface area contributed by atoms with Crippen LogP contribution in [0, 0.1) is 5.92 Å². The molecule has 8 N–H and O–H groups in total. The van der Waals surface area contributed by atoms with Crippen molar-refractivity contribution in [1.29, 1.82) is 0 Å². The van der Waals surface area contributed by atoms with Crippen molar-refractivity contribution in [3.8, 4) is 0 Å². The van der Waals surface area contributed by atoms with E-state index in [1.807, 2.05) is 44.2 Å². The first kappa shape index (κ1) is 38.1. The number of hydrogen-bond acceptors (Lipinski definition) is 8. The molecule has 0 spiro atoms. The Hall–Kier alpha value is -3.87. The van der Waals surface area contributed by atoms with E-state index in [4.69, 9.17) is 20.9 Å². The number of carbonyl (C=O) groups is 4. The molecule has 0 aliphatic carbocycles. The Morgan fingerprint density at radius 1 is 1.05 bits per heavy atom. The zero-order valence-electron chi connectivity index (χ0n) is 25.9. The molecule has 0 aliphatic rings. The van der Waals surface area contributed by atoms with Crippen LogP contribution in [-0.2, 0) is 30.5 Å². The Balaban J connectivity index is 0.000000805. The van der Waals surface area contributed by atoms with Crippen molar-refractivity contribution in [2.24, 2.45) is 22.4 Å². The van der Waals surface area contributed by atoms with Gasteiger partial charge in [-0.05, 0) is 52.0 Å². The van der Waals surface area contributed by atoms with Gasteiger partial charge < -0.3 is 42.0 Å². The van der Waals surface area contributed by atoms with Gasteiger partial charge in [0.2, 0.25) is 11.8 Å². The molecule has 1 aromatic rings. The predicted molar refractivity (Wildman–Crippen MR) is 161 cm³/mol. The van der Waals surface area contributed by atoms with E-state index in [0.29, 0.717) is 25.8 Å². The van der Waals surface area contributed by atoms with Crippen molar-refractivity contribution < 1.29 is 33.8 Å². The van der Waals surface area contributed by atoms with Crippen LogP contribution in [0.5, 0.6) is 0 Å². The minimum Gasteiger partial charge on any atom is -0.459 e. The number of guanidine groups is 1. The Kier molecular flexibility index (Phi) is 18.2. The number of nitrogens with two attached hydrogens (primary N) is 2. The number of aliphatic hydroxyl groups excluding tert-OH is 1. The number of nitrogens with one attached hydrogen (secondary N) is 3. The maximum absolute atomic E-state index is 12.1. The van der Waals surface area contributed by atoms with Gasteiger partial charge in [0, 0.05) is 20.0 Å². The average molecular weight is 595 g/mol. The summed E-state index contributed by atoms with van der Waals surface area (Å²) in [5, 5.41) is 17.3. The summed E-state index contributed by atoms with van der Waals surface area (Å²) in [5.74, 6) is -0.939. The zero-order chi connectivity index (χ0) is 32.3. The molecule has 2 unspecified atom stereocenters. The van der Waals surface area contributed by atoms with E-state index >= 15 is 0 Å². The van der Waals surface area contributed by atoms with Crippen LogP contribution in [0.4, 0.5) is 4.79 Å². The molecule has 0 saturated heterocycles. The molecule has 42 heavy (non-hydrogen) atoms. The molecule has 0 fully saturated rings. The summed E-state index contributed by atoms with van der Waals surface area (Å²) in [6.07, 6.45) is 0.537. The van der Waals surface area contributed by atoms with E-state index in [0.717, 1.165) is 12.0 Å². The molecule has 1 aromatic carbocycles. The van der Waals surface area contributed by atoms with Gasteiger partial charge in [-0.3, -0.25) is 14.6 Å². The van der Waals surface area contributed by atoms with Gasteiger partial charge >= 0.3 is 12.1 Å². The minimum atomic E-state index is -1.04. The normalized spacial score (nSPS) is 13.5. The Labute approximate surface area is 249 Å². The number of esters is 1. The number of nitrogens with zero attached hydrogens (tertiary/aromatic N) is 1. The van der Waals surface area contributed by atoms with Crippen LogP contribution in [0.3, 0.4) is 0 Å². The van der Waals surface area contributed by atoms with E-state index in [9.17, 15) is 24.3 Å². The largest absolute Gasteiger partial charge is 0.459 e. The molecule has 0 aromatic heterocycles. The van der Waals surface area contributed by atoms with Crippen LogP contribution in [0.25, 0.3) is 0 Å². The molecule has 1 rings (SSSR count). The standard InChI is InChI=1S/C17H25NO4.C12H25N5O3/c1-4-12(2)10-15(20)18-16(13(3)19)17(21)22-11-14-8-6-5-7-9-14;1-12(2,3)20-11(19)17-8(9(18)15-4)6-5-7-16-10(13)14/h5-9,12-13,16,19H,4,10-11H2,1-3H3,(H,18,20);8H,5-7H2,1-4H3,(H,15,18)(H,17,19)(H4,13,14,16)/t12-,13?,16?;8-/m01/s1. The molecule has 0 bridgehead atoms. The van der Waals surface area contributed by atoms with Gasteiger partial charge in [0.05, 0.1) is 6.10 Å². The number of alkyl carbamates (subject to hydrolysis) is 1. The van der Waals surface area contributed by atoms with E-state index in [1.54, 1.807) is 20.8 Å². The summed E-state index contributed by atoms with van der Waals surface area (Å²) in [6, 6.07) is 7.54. The van der Waals surface area contributed by atoms with E-state index in [2.05, 4.69) is 20.9 Å². The van der Waals surface area contributed by atoms with Crippen LogP contribution in [-0.4, -0.2) is 72.3 Å². The number of amides is 3. The van der Waals surface area contributed by atoms with Gasteiger partial charge in [0.25, 0.3) is 0 Å². The number of rotatable bonds is 14. The van der Waals surface area contributed by atoms with E-state index in [1.165, 1.54) is 14.0 Å². The molecular weight excluding hydrogens is 544 g/mol. The number of hydrogen-bond donors (Lipinski definition) is 6. The molecule has 0 aliphatic heterocycles. The minimum absolute atomic E-state index is 0.00148. The first-order valence-electron chi connectivity index (χ1n) is 14.0. The van der Waals surface area contributed by atoms with Gasteiger partial charge in [-0.25, -0.2) is 9.59 Å². The molecule has 0 saturated carbocycles. The lowest BCUT2D eigenvalue weighted by Gasteiger charge is -2.22. The van der Waals surface area contributed by atoms with Crippen molar-refractivity contribution in [3.63, 3.8) is 0 Å². The fourth-order valence-corrected chi connectivity index (χ4v) is 3.28. The third kappa shape index (κ3) is 18.5. The first-order chi connectivity index (χ1) is 19.6. The zero-order valence-corrected chi connectivity index (χ0v) is 25.9. The molecule has 3 amide bonds. The fourth-order valence-electron chi connectivity index (χ4n) is 3.28. The van der Waals surface area contributed by atoms with Crippen LogP contribution < -0.4 is 27.4 Å². The Bertz CT molecular complexity index is 992. The number of aliphatic hydroxyl groups is 1. The van der Waals surface area contributed by atoms with Gasteiger partial charge in [-0.1, -0.05) is 50.6 Å². The van der Waals surface area contributed by atoms with Gasteiger partial charge in [0.1, 0.15) is 18.2 Å². The lowest BCUT2D eigenvalue weighted by molar-refractivity contribution is -0.152. The third-order valence-corrected chi connectivity index (χ3v) is 5.71. The maximum atomic E-state index is 12.1. The number of carbonyl (C=O) groups excluding carboxylic acids is 4. The predicted octanol–water partition coefficient (Wildman–Crippen LogP) is 1.71. The summed E-state index contributed by atoms with van der Waals surface area (Å²) >= 11 is 0. The summed E-state index contributed by atoms with van der Waals surface area (Å²) < 4.78 is 10.3. The Morgan fingerprint density at radius 2 is 1.67 bits per heavy atom. The Morgan fingerprint density at radius 3 is 2.17 bits per heavy atom. The van der Waals surface area contributed by atoms with Gasteiger partial charge in [0.15, 0.2) is 12.0 Å². The lowest BCUT2D eigenvalue weighted by atomic mass is 10.0. The topological polar surface area (TPSA) is 207 Å². The van der Waals surface area contributed by atoms with E-state index in [-0.39, 0.29) is 30.3 Å². The first-order valence-corrected chi connectivity index (χ1v) is 14.0. The van der Waals surface area contributed by atoms with Crippen LogP contribution in [0.1, 0.15) is 72.8 Å². The molecule has 238 valence electrons. The maximum Gasteiger partial charge on any atom is 0.408 e. The second-order valence-corrected chi connectivity index (χ2v) is 10.9. The highest BCUT2D eigenvalue weighted by Gasteiger charge is 2.27. The molecular formula is C29H50N6O7. The highest BCUT2D eigenvalue weighted by molar-refractivity contribution is 5.85. The molecule has 0 radical (unpaired) electrons. The van der Waals surface area contributed by atoms with Crippen LogP contribution >= 0.6 is 0 Å². The van der Waals surface area contributed by atoms with Crippen molar-refractivity contribution >= 4 is 29.8 Å². The van der Waals surface area contributed by atoms with Gasteiger partial charge in [-0.15, -0.1) is 0 Å². The molecule has 0 heterocycles. The number of benzene rings is 1. The number of ether oxygens (including phenoxy) is 2. The number of likely N-dealkylation sites (N-methyl/N-ethyl adjacent to an activating group) is 1. The fraction of sp³-hybridized carbons (Fsp3) is 0.621. The summed E-state index contributed by atoms with van der Waals surface area (Å²) in [7, 11) is 1.50. The van der Waals surface area contributed by atoms with Gasteiger partial charge in [-0.2, -0.15) is 0 Å². The van der Waals surface area contributed by atoms with Crippen molar-refractivity contribution in [3.05, 3.63) is 35.9 Å². The summed E-state index contributed by atoms with van der Waals surface area (Å²) in [5.41, 5.74) is 10.6. The smallest absolute Gasteiger partial charge is 0.408 e. The molecule has 13 nitrogen and oxygen atoms in total. The monoisotopic (exact) mass is 594 g/mol. The van der Waals surface area contributed by atoms with Crippen LogP contribution in [0.2, 0.25) is 0 Å². The third-order valence-electron chi connectivity index (χ3n) is 5.71.